The molecule has 1 saturated carbocycles. The van der Waals surface area contributed by atoms with E-state index in [4.69, 9.17) is 5.41 Å². The average molecular weight is 441 g/mol. The quantitative estimate of drug-likeness (QED) is 0.278. The van der Waals surface area contributed by atoms with Crippen LogP contribution in [0, 0.1) is 12.3 Å². The first-order valence-electron chi connectivity index (χ1n) is 11.7. The number of nitrogens with zero attached hydrogens (tertiary/aromatic N) is 1. The van der Waals surface area contributed by atoms with Crippen molar-refractivity contribution in [3.05, 3.63) is 83.6 Å². The predicted octanol–water partition coefficient (Wildman–Crippen LogP) is 5.77. The summed E-state index contributed by atoms with van der Waals surface area (Å²) in [5.74, 6) is 0.0518. The van der Waals surface area contributed by atoms with Crippen molar-refractivity contribution in [1.29, 1.82) is 5.41 Å². The Morgan fingerprint density at radius 3 is 2.55 bits per heavy atom. The Labute approximate surface area is 195 Å². The second-order valence-electron chi connectivity index (χ2n) is 8.79. The van der Waals surface area contributed by atoms with Gasteiger partial charge in [0.1, 0.15) is 5.69 Å². The van der Waals surface area contributed by atoms with Crippen molar-refractivity contribution in [3.8, 4) is 0 Å². The molecule has 1 aromatic heterocycles. The zero-order chi connectivity index (χ0) is 23.2. The summed E-state index contributed by atoms with van der Waals surface area (Å²) in [7, 11) is 0. The lowest BCUT2D eigenvalue weighted by Gasteiger charge is -2.23. The number of benzene rings is 3. The number of aromatic nitrogens is 1. The molecule has 1 heterocycles. The molecule has 1 amide bonds. The van der Waals surface area contributed by atoms with Gasteiger partial charge in [-0.2, -0.15) is 0 Å². The van der Waals surface area contributed by atoms with Crippen LogP contribution in [0.4, 0.5) is 0 Å². The number of hydrogen-bond acceptors (Lipinski definition) is 2. The normalized spacial score (nSPS) is 14.0. The van der Waals surface area contributed by atoms with Crippen molar-refractivity contribution in [2.45, 2.75) is 51.6 Å². The third-order valence-electron chi connectivity index (χ3n) is 6.44. The van der Waals surface area contributed by atoms with Gasteiger partial charge in [-0.05, 0) is 53.8 Å². The van der Waals surface area contributed by atoms with E-state index in [-0.39, 0.29) is 5.91 Å². The van der Waals surface area contributed by atoms with Crippen molar-refractivity contribution in [1.82, 2.24) is 9.88 Å². The van der Waals surface area contributed by atoms with E-state index in [2.05, 4.69) is 89.3 Å². The van der Waals surface area contributed by atoms with Crippen molar-refractivity contribution < 1.29 is 4.79 Å². The van der Waals surface area contributed by atoms with Gasteiger partial charge in [-0.3, -0.25) is 10.2 Å². The van der Waals surface area contributed by atoms with E-state index in [0.717, 1.165) is 35.8 Å². The third kappa shape index (κ3) is 5.08. The molecule has 5 nitrogen and oxygen atoms in total. The molecule has 0 radical (unpaired) electrons. The summed E-state index contributed by atoms with van der Waals surface area (Å²) < 4.78 is 2.20. The van der Waals surface area contributed by atoms with Crippen LogP contribution in [0.15, 0.2) is 66.7 Å². The third-order valence-corrected chi connectivity index (χ3v) is 6.44. The van der Waals surface area contributed by atoms with Crippen molar-refractivity contribution in [2.24, 2.45) is 5.73 Å². The maximum atomic E-state index is 13.3. The standard InChI is InChI=1S/C27H28N2O.CH4N2/c1-19-14-15-21-17-26(27(30)28-23-11-3-2-4-12-23)29(25(21)16-19)18-22-10-7-9-20-8-5-6-13-24(20)22;2-1-3/h5-10,13-17,23H,2-4,11-12,18H2,1H3,(H,28,30);1H,(H3,2,3). The van der Waals surface area contributed by atoms with Crippen molar-refractivity contribution in [3.63, 3.8) is 0 Å². The number of nitrogens with one attached hydrogen (secondary N) is 2. The topological polar surface area (TPSA) is 83.9 Å². The molecule has 5 heteroatoms. The van der Waals surface area contributed by atoms with Crippen LogP contribution in [0.1, 0.15) is 53.7 Å². The van der Waals surface area contributed by atoms with Gasteiger partial charge < -0.3 is 15.6 Å². The monoisotopic (exact) mass is 440 g/mol. The minimum Gasteiger partial charge on any atom is -0.390 e. The van der Waals surface area contributed by atoms with Crippen LogP contribution in [0.2, 0.25) is 0 Å². The molecule has 0 spiro atoms. The van der Waals surface area contributed by atoms with E-state index in [9.17, 15) is 4.79 Å². The summed E-state index contributed by atoms with van der Waals surface area (Å²) in [5, 5.41) is 12.8. The lowest BCUT2D eigenvalue weighted by atomic mass is 9.95. The molecule has 0 bridgehead atoms. The fourth-order valence-electron chi connectivity index (χ4n) is 4.83. The fourth-order valence-corrected chi connectivity index (χ4v) is 4.83. The van der Waals surface area contributed by atoms with Gasteiger partial charge in [0.2, 0.25) is 0 Å². The molecular formula is C28H32N4O. The molecule has 0 unspecified atom stereocenters. The van der Waals surface area contributed by atoms with Gasteiger partial charge in [-0.1, -0.05) is 73.9 Å². The van der Waals surface area contributed by atoms with Gasteiger partial charge in [-0.25, -0.2) is 0 Å². The highest BCUT2D eigenvalue weighted by atomic mass is 16.2. The average Bonchev–Trinajstić information content (AvgIpc) is 3.18. The summed E-state index contributed by atoms with van der Waals surface area (Å²) in [5.41, 5.74) is 8.71. The first-order chi connectivity index (χ1) is 16.1. The molecule has 1 aliphatic carbocycles. The van der Waals surface area contributed by atoms with E-state index in [1.54, 1.807) is 0 Å². The van der Waals surface area contributed by atoms with E-state index >= 15 is 0 Å². The Bertz CT molecular complexity index is 1260. The largest absolute Gasteiger partial charge is 0.390 e. The number of aryl methyl sites for hydroxylation is 1. The molecule has 33 heavy (non-hydrogen) atoms. The van der Waals surface area contributed by atoms with E-state index < -0.39 is 0 Å². The number of carbonyl (C=O) groups excluding carboxylic acids is 1. The number of amides is 1. The molecule has 4 N–H and O–H groups in total. The zero-order valence-electron chi connectivity index (χ0n) is 19.2. The Kier molecular flexibility index (Phi) is 7.08. The Morgan fingerprint density at radius 1 is 1.03 bits per heavy atom. The second-order valence-corrected chi connectivity index (χ2v) is 8.79. The van der Waals surface area contributed by atoms with Crippen LogP contribution < -0.4 is 11.1 Å². The van der Waals surface area contributed by atoms with Gasteiger partial charge >= 0.3 is 0 Å². The number of rotatable bonds is 4. The fraction of sp³-hybridized carbons (Fsp3) is 0.286. The number of nitrogens with two attached hydrogens (primary N) is 1. The summed E-state index contributed by atoms with van der Waals surface area (Å²) in [6.07, 6.45) is 6.64. The van der Waals surface area contributed by atoms with E-state index in [1.807, 2.05) is 0 Å². The molecule has 5 rings (SSSR count). The van der Waals surface area contributed by atoms with E-state index in [1.165, 1.54) is 41.2 Å². The Hall–Kier alpha value is -3.60. The van der Waals surface area contributed by atoms with E-state index in [0.29, 0.717) is 12.6 Å². The van der Waals surface area contributed by atoms with Gasteiger partial charge in [0.05, 0.1) is 6.34 Å². The molecule has 0 aliphatic heterocycles. The molecule has 4 aromatic rings. The van der Waals surface area contributed by atoms with Crippen LogP contribution in [-0.2, 0) is 6.54 Å². The smallest absolute Gasteiger partial charge is 0.268 e. The highest BCUT2D eigenvalue weighted by Crippen LogP contribution is 2.26. The van der Waals surface area contributed by atoms with Gasteiger partial charge in [0, 0.05) is 23.5 Å². The lowest BCUT2D eigenvalue weighted by Crippen LogP contribution is -2.37. The summed E-state index contributed by atoms with van der Waals surface area (Å²) in [6, 6.07) is 23.7. The van der Waals surface area contributed by atoms with Crippen LogP contribution in [0.25, 0.3) is 21.7 Å². The number of hydrogen-bond donors (Lipinski definition) is 3. The molecule has 0 atom stereocenters. The van der Waals surface area contributed by atoms with Gasteiger partial charge in [0.25, 0.3) is 5.91 Å². The molecule has 170 valence electrons. The minimum atomic E-state index is 0.0518. The molecule has 1 fully saturated rings. The molecular weight excluding hydrogens is 408 g/mol. The highest BCUT2D eigenvalue weighted by molar-refractivity contribution is 5.99. The van der Waals surface area contributed by atoms with Crippen molar-refractivity contribution >= 4 is 33.9 Å². The lowest BCUT2D eigenvalue weighted by molar-refractivity contribution is 0.0919. The van der Waals surface area contributed by atoms with Gasteiger partial charge in [-0.15, -0.1) is 0 Å². The minimum absolute atomic E-state index is 0.0518. The number of fused-ring (bicyclic) bond motifs is 2. The molecule has 0 saturated heterocycles. The highest BCUT2D eigenvalue weighted by Gasteiger charge is 2.21. The van der Waals surface area contributed by atoms with Gasteiger partial charge in [0.15, 0.2) is 0 Å². The summed E-state index contributed by atoms with van der Waals surface area (Å²) in [4.78, 5) is 13.3. The summed E-state index contributed by atoms with van der Waals surface area (Å²) in [6.45, 7) is 2.79. The van der Waals surface area contributed by atoms with Crippen LogP contribution in [0.5, 0.6) is 0 Å². The zero-order valence-corrected chi connectivity index (χ0v) is 19.2. The maximum absolute atomic E-state index is 13.3. The SMILES string of the molecule is Cc1ccc2cc(C(=O)NC3CCCCC3)n(Cc3cccc4ccccc34)c2c1.N=CN. The summed E-state index contributed by atoms with van der Waals surface area (Å²) >= 11 is 0. The maximum Gasteiger partial charge on any atom is 0.268 e. The molecule has 3 aromatic carbocycles. The Morgan fingerprint density at radius 2 is 1.76 bits per heavy atom. The second kappa shape index (κ2) is 10.3. The van der Waals surface area contributed by atoms with Crippen LogP contribution in [-0.4, -0.2) is 22.9 Å². The first-order valence-corrected chi connectivity index (χ1v) is 11.7. The van der Waals surface area contributed by atoms with Crippen LogP contribution >= 0.6 is 0 Å². The van der Waals surface area contributed by atoms with Crippen LogP contribution in [0.3, 0.4) is 0 Å². The first kappa shape index (κ1) is 22.6. The predicted molar refractivity (Wildman–Crippen MR) is 137 cm³/mol. The van der Waals surface area contributed by atoms with Crippen molar-refractivity contribution in [2.75, 3.05) is 0 Å². The Balaban J connectivity index is 0.000000821. The number of carbonyl (C=O) groups is 1. The molecule has 1 aliphatic rings.